The number of anilines is 2. The molecule has 0 aliphatic heterocycles. The molecule has 1 unspecified atom stereocenters. The molecule has 0 aromatic carbocycles. The van der Waals surface area contributed by atoms with Crippen molar-refractivity contribution in [2.75, 3.05) is 17.6 Å². The van der Waals surface area contributed by atoms with Crippen LogP contribution in [0.5, 0.6) is 0 Å². The van der Waals surface area contributed by atoms with Crippen molar-refractivity contribution >= 4 is 11.6 Å². The van der Waals surface area contributed by atoms with Gasteiger partial charge in [-0.2, -0.15) is 0 Å². The van der Waals surface area contributed by atoms with Crippen molar-refractivity contribution < 1.29 is 5.11 Å². The Morgan fingerprint density at radius 2 is 2.19 bits per heavy atom. The molecule has 1 heterocycles. The molecule has 0 radical (unpaired) electrons. The van der Waals surface area contributed by atoms with Crippen molar-refractivity contribution in [1.82, 2.24) is 9.97 Å². The average molecular weight is 222 g/mol. The Morgan fingerprint density at radius 3 is 2.75 bits per heavy atom. The van der Waals surface area contributed by atoms with Crippen LogP contribution in [0.2, 0.25) is 0 Å². The third-order valence-corrected chi connectivity index (χ3v) is 2.71. The highest BCUT2D eigenvalue weighted by atomic mass is 16.3. The molecule has 0 spiro atoms. The molecule has 0 saturated heterocycles. The summed E-state index contributed by atoms with van der Waals surface area (Å²) in [5, 5.41) is 12.3. The molecular formula is C11H18N4O. The summed E-state index contributed by atoms with van der Waals surface area (Å²) in [5.41, 5.74) is 6.69. The number of nitrogens with one attached hydrogen (secondary N) is 1. The molecule has 1 atom stereocenters. The molecule has 1 aromatic heterocycles. The first-order chi connectivity index (χ1) is 7.58. The van der Waals surface area contributed by atoms with Crippen LogP contribution in [0.1, 0.15) is 37.1 Å². The topological polar surface area (TPSA) is 84.1 Å². The van der Waals surface area contributed by atoms with Crippen molar-refractivity contribution in [2.24, 2.45) is 0 Å². The van der Waals surface area contributed by atoms with Crippen LogP contribution in [0.3, 0.4) is 0 Å². The molecule has 4 N–H and O–H groups in total. The molecule has 5 nitrogen and oxygen atoms in total. The van der Waals surface area contributed by atoms with E-state index in [1.165, 1.54) is 0 Å². The Morgan fingerprint density at radius 1 is 1.50 bits per heavy atom. The van der Waals surface area contributed by atoms with Gasteiger partial charge in [0.25, 0.3) is 0 Å². The van der Waals surface area contributed by atoms with Crippen molar-refractivity contribution in [1.29, 1.82) is 0 Å². The Bertz CT molecular complexity index is 388. The Kier molecular flexibility index (Phi) is 2.96. The quantitative estimate of drug-likeness (QED) is 0.708. The van der Waals surface area contributed by atoms with Gasteiger partial charge in [-0.15, -0.1) is 0 Å². The molecule has 16 heavy (non-hydrogen) atoms. The first-order valence-corrected chi connectivity index (χ1v) is 5.64. The molecule has 1 saturated carbocycles. The summed E-state index contributed by atoms with van der Waals surface area (Å²) in [6.45, 7) is 4.09. The van der Waals surface area contributed by atoms with Gasteiger partial charge in [0.05, 0.1) is 6.10 Å². The van der Waals surface area contributed by atoms with Crippen molar-refractivity contribution in [3.8, 4) is 0 Å². The fraction of sp³-hybridized carbons (Fsp3) is 0.636. The van der Waals surface area contributed by atoms with Crippen LogP contribution >= 0.6 is 0 Å². The fourth-order valence-electron chi connectivity index (χ4n) is 1.49. The molecule has 2 rings (SSSR count). The van der Waals surface area contributed by atoms with Crippen LogP contribution in [0.15, 0.2) is 0 Å². The van der Waals surface area contributed by atoms with Gasteiger partial charge in [0.1, 0.15) is 17.5 Å². The minimum atomic E-state index is -0.403. The van der Waals surface area contributed by atoms with E-state index in [9.17, 15) is 5.11 Å². The number of aliphatic hydroxyl groups is 1. The van der Waals surface area contributed by atoms with Gasteiger partial charge in [-0.3, -0.25) is 0 Å². The van der Waals surface area contributed by atoms with Crippen molar-refractivity contribution in [3.05, 3.63) is 11.4 Å². The van der Waals surface area contributed by atoms with Gasteiger partial charge >= 0.3 is 0 Å². The molecule has 0 amide bonds. The fourth-order valence-corrected chi connectivity index (χ4v) is 1.49. The van der Waals surface area contributed by atoms with Crippen LogP contribution in [0.25, 0.3) is 0 Å². The summed E-state index contributed by atoms with van der Waals surface area (Å²) in [7, 11) is 0. The van der Waals surface area contributed by atoms with Gasteiger partial charge in [-0.05, 0) is 26.7 Å². The largest absolute Gasteiger partial charge is 0.392 e. The van der Waals surface area contributed by atoms with E-state index in [1.54, 1.807) is 6.92 Å². The maximum Gasteiger partial charge on any atom is 0.136 e. The lowest BCUT2D eigenvalue weighted by Crippen LogP contribution is -2.18. The van der Waals surface area contributed by atoms with E-state index in [0.29, 0.717) is 18.3 Å². The Labute approximate surface area is 95.1 Å². The van der Waals surface area contributed by atoms with Gasteiger partial charge in [-0.1, -0.05) is 0 Å². The molecular weight excluding hydrogens is 204 g/mol. The van der Waals surface area contributed by atoms with Crippen LogP contribution in [-0.2, 0) is 0 Å². The van der Waals surface area contributed by atoms with Crippen LogP contribution in [0, 0.1) is 6.92 Å². The lowest BCUT2D eigenvalue weighted by Gasteiger charge is -2.12. The lowest BCUT2D eigenvalue weighted by molar-refractivity contribution is 0.208. The Hall–Kier alpha value is -1.36. The zero-order valence-electron chi connectivity index (χ0n) is 9.70. The van der Waals surface area contributed by atoms with Gasteiger partial charge in [-0.25, -0.2) is 9.97 Å². The second-order valence-corrected chi connectivity index (χ2v) is 4.44. The number of nitrogens with two attached hydrogens (primary N) is 1. The number of nitrogens with zero attached hydrogens (tertiary/aromatic N) is 2. The number of nitrogen functional groups attached to an aromatic ring is 1. The number of aliphatic hydroxyl groups excluding tert-OH is 1. The van der Waals surface area contributed by atoms with E-state index in [2.05, 4.69) is 15.3 Å². The Balaban J connectivity index is 2.20. The monoisotopic (exact) mass is 222 g/mol. The number of hydrogen-bond donors (Lipinski definition) is 3. The highest BCUT2D eigenvalue weighted by Gasteiger charge is 2.27. The third-order valence-electron chi connectivity index (χ3n) is 2.71. The third kappa shape index (κ3) is 2.41. The first kappa shape index (κ1) is 11.1. The zero-order chi connectivity index (χ0) is 11.7. The van der Waals surface area contributed by atoms with E-state index in [1.807, 2.05) is 6.92 Å². The minimum absolute atomic E-state index is 0.403. The standard InChI is InChI=1S/C11H18N4O/c1-6(16)5-13-10-7(2)9(12)14-11(15-10)8-3-4-8/h6,8,16H,3-5H2,1-2H3,(H3,12,13,14,15). The molecule has 1 aliphatic rings. The average Bonchev–Trinajstić information content (AvgIpc) is 3.03. The van der Waals surface area contributed by atoms with Gasteiger partial charge in [0.15, 0.2) is 0 Å². The zero-order valence-corrected chi connectivity index (χ0v) is 9.70. The van der Waals surface area contributed by atoms with Crippen molar-refractivity contribution in [3.63, 3.8) is 0 Å². The van der Waals surface area contributed by atoms with Gasteiger partial charge < -0.3 is 16.2 Å². The van der Waals surface area contributed by atoms with E-state index in [4.69, 9.17) is 5.73 Å². The number of aromatic nitrogens is 2. The number of rotatable bonds is 4. The summed E-state index contributed by atoms with van der Waals surface area (Å²) < 4.78 is 0. The molecule has 1 aliphatic carbocycles. The first-order valence-electron chi connectivity index (χ1n) is 5.64. The number of hydrogen-bond acceptors (Lipinski definition) is 5. The van der Waals surface area contributed by atoms with Gasteiger partial charge in [0, 0.05) is 18.0 Å². The summed E-state index contributed by atoms with van der Waals surface area (Å²) in [6.07, 6.45) is 1.90. The van der Waals surface area contributed by atoms with E-state index >= 15 is 0 Å². The maximum atomic E-state index is 9.23. The molecule has 88 valence electrons. The van der Waals surface area contributed by atoms with Crippen LogP contribution in [-0.4, -0.2) is 27.7 Å². The summed E-state index contributed by atoms with van der Waals surface area (Å²) in [4.78, 5) is 8.74. The highest BCUT2D eigenvalue weighted by Crippen LogP contribution is 2.39. The van der Waals surface area contributed by atoms with Crippen LogP contribution < -0.4 is 11.1 Å². The minimum Gasteiger partial charge on any atom is -0.392 e. The summed E-state index contributed by atoms with van der Waals surface area (Å²) in [5.74, 6) is 2.59. The summed E-state index contributed by atoms with van der Waals surface area (Å²) in [6, 6.07) is 0. The second kappa shape index (κ2) is 4.25. The highest BCUT2D eigenvalue weighted by molar-refractivity contribution is 5.55. The van der Waals surface area contributed by atoms with E-state index in [0.717, 1.165) is 30.0 Å². The van der Waals surface area contributed by atoms with Gasteiger partial charge in [0.2, 0.25) is 0 Å². The SMILES string of the molecule is Cc1c(N)nc(C2CC2)nc1NCC(C)O. The predicted octanol–water partition coefficient (Wildman–Crippen LogP) is 1.04. The maximum absolute atomic E-state index is 9.23. The lowest BCUT2D eigenvalue weighted by atomic mass is 10.2. The molecule has 0 bridgehead atoms. The predicted molar refractivity (Wildman–Crippen MR) is 63.3 cm³/mol. The second-order valence-electron chi connectivity index (χ2n) is 4.44. The molecule has 1 fully saturated rings. The molecule has 1 aromatic rings. The van der Waals surface area contributed by atoms with E-state index < -0.39 is 6.10 Å². The molecule has 5 heteroatoms. The van der Waals surface area contributed by atoms with Crippen molar-refractivity contribution in [2.45, 2.75) is 38.7 Å². The normalized spacial score (nSPS) is 17.2. The van der Waals surface area contributed by atoms with E-state index in [-0.39, 0.29) is 0 Å². The summed E-state index contributed by atoms with van der Waals surface area (Å²) >= 11 is 0. The smallest absolute Gasteiger partial charge is 0.136 e. The van der Waals surface area contributed by atoms with Crippen LogP contribution in [0.4, 0.5) is 11.6 Å².